The lowest BCUT2D eigenvalue weighted by Gasteiger charge is -2.28. The maximum atomic E-state index is 5.81. The first-order valence-electron chi connectivity index (χ1n) is 5.98. The highest BCUT2D eigenvalue weighted by Crippen LogP contribution is 2.24. The summed E-state index contributed by atoms with van der Waals surface area (Å²) in [5.41, 5.74) is 5.81. The Morgan fingerprint density at radius 1 is 1.36 bits per heavy atom. The molecule has 2 N–H and O–H groups in total. The summed E-state index contributed by atoms with van der Waals surface area (Å²) in [5.74, 6) is 2.25. The quantitative estimate of drug-likeness (QED) is 0.748. The minimum absolute atomic E-state index is 0.669. The highest BCUT2D eigenvalue weighted by atomic mass is 15.2. The summed E-state index contributed by atoms with van der Waals surface area (Å²) < 4.78 is 0. The van der Waals surface area contributed by atoms with Crippen molar-refractivity contribution in [2.75, 3.05) is 19.6 Å². The number of likely N-dealkylation sites (tertiary alicyclic amines) is 1. The molecule has 84 valence electrons. The van der Waals surface area contributed by atoms with Crippen molar-refractivity contribution in [1.82, 2.24) is 4.90 Å². The second-order valence-corrected chi connectivity index (χ2v) is 5.38. The van der Waals surface area contributed by atoms with Gasteiger partial charge in [-0.2, -0.15) is 0 Å². The highest BCUT2D eigenvalue weighted by Gasteiger charge is 2.28. The molecule has 1 aliphatic heterocycles. The molecule has 0 saturated carbocycles. The molecule has 2 heteroatoms. The van der Waals surface area contributed by atoms with Crippen LogP contribution < -0.4 is 5.73 Å². The smallest absolute Gasteiger partial charge is 0.00701 e. The van der Waals surface area contributed by atoms with Crippen LogP contribution in [0.15, 0.2) is 0 Å². The van der Waals surface area contributed by atoms with Crippen molar-refractivity contribution in [2.24, 2.45) is 23.5 Å². The van der Waals surface area contributed by atoms with Crippen molar-refractivity contribution in [3.8, 4) is 0 Å². The Kier molecular flexibility index (Phi) is 4.39. The van der Waals surface area contributed by atoms with Crippen molar-refractivity contribution < 1.29 is 0 Å². The third-order valence-corrected chi connectivity index (χ3v) is 3.63. The van der Waals surface area contributed by atoms with Crippen LogP contribution in [0.1, 0.15) is 34.1 Å². The van der Waals surface area contributed by atoms with Crippen LogP contribution in [0.4, 0.5) is 0 Å². The fourth-order valence-corrected chi connectivity index (χ4v) is 2.50. The molecule has 2 nitrogen and oxygen atoms in total. The summed E-state index contributed by atoms with van der Waals surface area (Å²) in [5, 5.41) is 0. The first kappa shape index (κ1) is 12.0. The van der Waals surface area contributed by atoms with E-state index in [2.05, 4.69) is 32.6 Å². The Hall–Kier alpha value is -0.0800. The van der Waals surface area contributed by atoms with Crippen LogP contribution in [0.5, 0.6) is 0 Å². The van der Waals surface area contributed by atoms with Crippen LogP contribution in [0.2, 0.25) is 0 Å². The predicted molar refractivity (Wildman–Crippen MR) is 62.2 cm³/mol. The molecule has 0 aliphatic carbocycles. The van der Waals surface area contributed by atoms with Gasteiger partial charge in [0.25, 0.3) is 0 Å². The van der Waals surface area contributed by atoms with Crippen LogP contribution in [0.25, 0.3) is 0 Å². The zero-order chi connectivity index (χ0) is 10.7. The number of nitrogens with zero attached hydrogens (tertiary/aromatic N) is 1. The summed E-state index contributed by atoms with van der Waals surface area (Å²) in [4.78, 5) is 2.61. The Balaban J connectivity index is 2.42. The van der Waals surface area contributed by atoms with Crippen molar-refractivity contribution in [3.05, 3.63) is 0 Å². The maximum absolute atomic E-state index is 5.81. The lowest BCUT2D eigenvalue weighted by atomic mass is 9.95. The molecule has 0 spiro atoms. The van der Waals surface area contributed by atoms with Crippen LogP contribution in [0, 0.1) is 17.8 Å². The van der Waals surface area contributed by atoms with Gasteiger partial charge in [0.15, 0.2) is 0 Å². The molecule has 3 unspecified atom stereocenters. The van der Waals surface area contributed by atoms with E-state index in [0.29, 0.717) is 11.8 Å². The SMILES string of the molecule is CC1CC(C)N(CC(CN)C(C)C)C1. The second kappa shape index (κ2) is 5.13. The number of hydrogen-bond acceptors (Lipinski definition) is 2. The van der Waals surface area contributed by atoms with Gasteiger partial charge in [0, 0.05) is 19.1 Å². The van der Waals surface area contributed by atoms with Gasteiger partial charge in [0.05, 0.1) is 0 Å². The van der Waals surface area contributed by atoms with E-state index in [1.165, 1.54) is 19.5 Å². The predicted octanol–water partition coefficient (Wildman–Crippen LogP) is 1.95. The fourth-order valence-electron chi connectivity index (χ4n) is 2.50. The minimum atomic E-state index is 0.669. The topological polar surface area (TPSA) is 29.3 Å². The van der Waals surface area contributed by atoms with Gasteiger partial charge in [-0.3, -0.25) is 0 Å². The Labute approximate surface area is 88.8 Å². The molecule has 1 fully saturated rings. The van der Waals surface area contributed by atoms with E-state index in [1.807, 2.05) is 0 Å². The zero-order valence-corrected chi connectivity index (χ0v) is 10.2. The van der Waals surface area contributed by atoms with Crippen molar-refractivity contribution >= 4 is 0 Å². The summed E-state index contributed by atoms with van der Waals surface area (Å²) in [6, 6.07) is 0.762. The highest BCUT2D eigenvalue weighted by molar-refractivity contribution is 4.82. The van der Waals surface area contributed by atoms with Gasteiger partial charge in [-0.1, -0.05) is 20.8 Å². The molecule has 0 aromatic rings. The average Bonchev–Trinajstić information content (AvgIpc) is 2.40. The number of rotatable bonds is 4. The minimum Gasteiger partial charge on any atom is -0.330 e. The van der Waals surface area contributed by atoms with E-state index in [0.717, 1.165) is 18.5 Å². The molecule has 1 heterocycles. The molecule has 0 bridgehead atoms. The normalized spacial score (nSPS) is 31.3. The fraction of sp³-hybridized carbons (Fsp3) is 1.00. The summed E-state index contributed by atoms with van der Waals surface area (Å²) in [6.07, 6.45) is 1.36. The van der Waals surface area contributed by atoms with E-state index in [-0.39, 0.29) is 0 Å². The average molecular weight is 198 g/mol. The van der Waals surface area contributed by atoms with E-state index < -0.39 is 0 Å². The molecule has 0 aromatic carbocycles. The molecular formula is C12H26N2. The molecule has 1 saturated heterocycles. The molecule has 0 aromatic heterocycles. The van der Waals surface area contributed by atoms with E-state index >= 15 is 0 Å². The molecule has 0 amide bonds. The Bertz CT molecular complexity index is 168. The molecule has 0 radical (unpaired) electrons. The Morgan fingerprint density at radius 3 is 2.36 bits per heavy atom. The van der Waals surface area contributed by atoms with Crippen molar-refractivity contribution in [3.63, 3.8) is 0 Å². The molecule has 14 heavy (non-hydrogen) atoms. The van der Waals surface area contributed by atoms with Gasteiger partial charge in [-0.05, 0) is 37.6 Å². The molecular weight excluding hydrogens is 172 g/mol. The van der Waals surface area contributed by atoms with Crippen molar-refractivity contribution in [1.29, 1.82) is 0 Å². The van der Waals surface area contributed by atoms with Crippen LogP contribution in [0.3, 0.4) is 0 Å². The number of hydrogen-bond donors (Lipinski definition) is 1. The van der Waals surface area contributed by atoms with Gasteiger partial charge in [0.2, 0.25) is 0 Å². The summed E-state index contributed by atoms with van der Waals surface area (Å²) in [6.45, 7) is 12.5. The molecule has 1 aliphatic rings. The molecule has 1 rings (SSSR count). The standard InChI is InChI=1S/C12H26N2/c1-9(2)12(6-13)8-14-7-10(3)5-11(14)4/h9-12H,5-8,13H2,1-4H3. The van der Waals surface area contributed by atoms with Gasteiger partial charge in [0.1, 0.15) is 0 Å². The summed E-state index contributed by atoms with van der Waals surface area (Å²) >= 11 is 0. The van der Waals surface area contributed by atoms with Gasteiger partial charge in [-0.25, -0.2) is 0 Å². The van der Waals surface area contributed by atoms with E-state index in [9.17, 15) is 0 Å². The number of nitrogens with two attached hydrogens (primary N) is 1. The van der Waals surface area contributed by atoms with Crippen LogP contribution in [-0.4, -0.2) is 30.6 Å². The second-order valence-electron chi connectivity index (χ2n) is 5.38. The van der Waals surface area contributed by atoms with E-state index in [4.69, 9.17) is 5.73 Å². The van der Waals surface area contributed by atoms with Crippen molar-refractivity contribution in [2.45, 2.75) is 40.2 Å². The monoisotopic (exact) mass is 198 g/mol. The lowest BCUT2D eigenvalue weighted by Crippen LogP contribution is -2.37. The first-order chi connectivity index (χ1) is 6.54. The third-order valence-electron chi connectivity index (χ3n) is 3.63. The van der Waals surface area contributed by atoms with Gasteiger partial charge >= 0.3 is 0 Å². The van der Waals surface area contributed by atoms with Gasteiger partial charge in [-0.15, -0.1) is 0 Å². The van der Waals surface area contributed by atoms with E-state index in [1.54, 1.807) is 0 Å². The molecule has 3 atom stereocenters. The first-order valence-corrected chi connectivity index (χ1v) is 5.98. The van der Waals surface area contributed by atoms with Gasteiger partial charge < -0.3 is 10.6 Å². The van der Waals surface area contributed by atoms with Crippen LogP contribution in [-0.2, 0) is 0 Å². The zero-order valence-electron chi connectivity index (χ0n) is 10.2. The maximum Gasteiger partial charge on any atom is 0.00701 e. The third kappa shape index (κ3) is 2.96. The van der Waals surface area contributed by atoms with Crippen LogP contribution >= 0.6 is 0 Å². The lowest BCUT2D eigenvalue weighted by molar-refractivity contribution is 0.197. The summed E-state index contributed by atoms with van der Waals surface area (Å²) in [7, 11) is 0. The largest absolute Gasteiger partial charge is 0.330 e. The Morgan fingerprint density at radius 2 is 2.00 bits per heavy atom.